The Bertz CT molecular complexity index is 102. The number of fused-ring (bicyclic) bond motifs is 1. The molecule has 8 heavy (non-hydrogen) atoms. The van der Waals surface area contributed by atoms with Crippen molar-refractivity contribution in [1.29, 1.82) is 0 Å². The highest BCUT2D eigenvalue weighted by atomic mass is 32.2. The van der Waals surface area contributed by atoms with E-state index in [1.165, 1.54) is 12.8 Å². The first kappa shape index (κ1) is 5.12. The largest absolute Gasteiger partial charge is 0.377 e. The van der Waals surface area contributed by atoms with Gasteiger partial charge in [0.1, 0.15) is 0 Å². The molecule has 0 unspecified atom stereocenters. The van der Waals surface area contributed by atoms with Gasteiger partial charge in [-0.05, 0) is 19.1 Å². The maximum Gasteiger partial charge on any atom is 0.0618 e. The van der Waals surface area contributed by atoms with Gasteiger partial charge in [0.25, 0.3) is 0 Å². The molecule has 2 aliphatic heterocycles. The zero-order chi connectivity index (χ0) is 5.61. The van der Waals surface area contributed by atoms with Crippen LogP contribution >= 0.6 is 11.8 Å². The minimum absolute atomic E-state index is 0.574. The molecule has 0 aromatic heterocycles. The lowest BCUT2D eigenvalue weighted by Gasteiger charge is -2.33. The third kappa shape index (κ3) is 0.477. The SMILES string of the molecule is CSC12COC(C1)C2. The van der Waals surface area contributed by atoms with Crippen LogP contribution < -0.4 is 0 Å². The molecule has 2 heterocycles. The summed E-state index contributed by atoms with van der Waals surface area (Å²) in [4.78, 5) is 0. The lowest BCUT2D eigenvalue weighted by Crippen LogP contribution is -2.35. The average Bonchev–Trinajstić information content (AvgIpc) is 2.17. The van der Waals surface area contributed by atoms with Gasteiger partial charge in [0, 0.05) is 4.75 Å². The van der Waals surface area contributed by atoms with E-state index >= 15 is 0 Å². The highest BCUT2D eigenvalue weighted by Gasteiger charge is 2.51. The summed E-state index contributed by atoms with van der Waals surface area (Å²) in [6.07, 6.45) is 5.45. The lowest BCUT2D eigenvalue weighted by atomic mass is 9.86. The van der Waals surface area contributed by atoms with E-state index in [4.69, 9.17) is 4.74 Å². The van der Waals surface area contributed by atoms with Gasteiger partial charge < -0.3 is 4.74 Å². The van der Waals surface area contributed by atoms with Gasteiger partial charge in [-0.2, -0.15) is 11.8 Å². The maximum absolute atomic E-state index is 5.40. The number of rotatable bonds is 1. The standard InChI is InChI=1S/C6H10OS/c1-8-6-2-5(3-6)7-4-6/h5H,2-4H2,1H3. The molecule has 1 saturated carbocycles. The minimum Gasteiger partial charge on any atom is -0.377 e. The van der Waals surface area contributed by atoms with Gasteiger partial charge in [-0.3, -0.25) is 0 Å². The molecule has 3 fully saturated rings. The third-order valence-electron chi connectivity index (χ3n) is 2.21. The Balaban J connectivity index is 2.09. The molecular formula is C6H10OS. The molecule has 1 nitrogen and oxygen atoms in total. The molecule has 3 rings (SSSR count). The summed E-state index contributed by atoms with van der Waals surface area (Å²) in [6.45, 7) is 1.01. The predicted molar refractivity (Wildman–Crippen MR) is 35.2 cm³/mol. The van der Waals surface area contributed by atoms with Crippen LogP contribution in [0.1, 0.15) is 12.8 Å². The van der Waals surface area contributed by atoms with E-state index in [-0.39, 0.29) is 0 Å². The Labute approximate surface area is 53.8 Å². The van der Waals surface area contributed by atoms with E-state index in [0.717, 1.165) is 6.61 Å². The first-order valence-electron chi connectivity index (χ1n) is 3.01. The molecule has 46 valence electrons. The van der Waals surface area contributed by atoms with Crippen molar-refractivity contribution >= 4 is 11.8 Å². The van der Waals surface area contributed by atoms with Gasteiger partial charge in [-0.1, -0.05) is 0 Å². The molecular weight excluding hydrogens is 120 g/mol. The van der Waals surface area contributed by atoms with Crippen molar-refractivity contribution in [3.05, 3.63) is 0 Å². The van der Waals surface area contributed by atoms with Crippen molar-refractivity contribution < 1.29 is 4.74 Å². The third-order valence-corrected chi connectivity index (χ3v) is 3.53. The van der Waals surface area contributed by atoms with Gasteiger partial charge >= 0.3 is 0 Å². The molecule has 3 aliphatic rings. The second-order valence-electron chi connectivity index (χ2n) is 2.73. The Morgan fingerprint density at radius 2 is 2.38 bits per heavy atom. The van der Waals surface area contributed by atoms with E-state index in [0.29, 0.717) is 10.9 Å². The highest BCUT2D eigenvalue weighted by molar-refractivity contribution is 8.00. The van der Waals surface area contributed by atoms with Gasteiger partial charge in [-0.25, -0.2) is 0 Å². The second kappa shape index (κ2) is 1.42. The number of thioether (sulfide) groups is 1. The Morgan fingerprint density at radius 3 is 2.62 bits per heavy atom. The van der Waals surface area contributed by atoms with Crippen molar-refractivity contribution in [3.8, 4) is 0 Å². The van der Waals surface area contributed by atoms with Crippen molar-refractivity contribution in [2.24, 2.45) is 0 Å². The Morgan fingerprint density at radius 1 is 1.62 bits per heavy atom. The van der Waals surface area contributed by atoms with Gasteiger partial charge in [0.05, 0.1) is 12.7 Å². The van der Waals surface area contributed by atoms with Gasteiger partial charge in [0.15, 0.2) is 0 Å². The van der Waals surface area contributed by atoms with Crippen LogP contribution in [-0.2, 0) is 4.74 Å². The zero-order valence-corrected chi connectivity index (χ0v) is 5.83. The zero-order valence-electron chi connectivity index (χ0n) is 5.02. The molecule has 1 aliphatic carbocycles. The summed E-state index contributed by atoms with van der Waals surface area (Å²) in [5.74, 6) is 0. The molecule has 0 aromatic rings. The molecule has 0 spiro atoms. The first-order chi connectivity index (χ1) is 3.85. The van der Waals surface area contributed by atoms with Gasteiger partial charge in [-0.15, -0.1) is 0 Å². The fourth-order valence-electron chi connectivity index (χ4n) is 1.50. The van der Waals surface area contributed by atoms with Crippen LogP contribution in [0.25, 0.3) is 0 Å². The molecule has 0 amide bonds. The lowest BCUT2D eigenvalue weighted by molar-refractivity contribution is 0.127. The predicted octanol–water partition coefficient (Wildman–Crippen LogP) is 1.28. The van der Waals surface area contributed by atoms with Crippen LogP contribution in [0.2, 0.25) is 0 Å². The van der Waals surface area contributed by atoms with Crippen molar-refractivity contribution in [1.82, 2.24) is 0 Å². The van der Waals surface area contributed by atoms with E-state index in [1.54, 1.807) is 0 Å². The Hall–Kier alpha value is 0.310. The van der Waals surface area contributed by atoms with Crippen molar-refractivity contribution in [2.75, 3.05) is 12.9 Å². The second-order valence-corrected chi connectivity index (χ2v) is 4.00. The molecule has 0 aromatic carbocycles. The average molecular weight is 130 g/mol. The van der Waals surface area contributed by atoms with Crippen molar-refractivity contribution in [2.45, 2.75) is 23.7 Å². The Kier molecular flexibility index (Phi) is 0.910. The molecule has 2 heteroatoms. The fourth-order valence-corrected chi connectivity index (χ4v) is 2.39. The molecule has 2 bridgehead atoms. The van der Waals surface area contributed by atoms with E-state index < -0.39 is 0 Å². The fraction of sp³-hybridized carbons (Fsp3) is 1.00. The summed E-state index contributed by atoms with van der Waals surface area (Å²) in [6, 6.07) is 0. The summed E-state index contributed by atoms with van der Waals surface area (Å²) in [5, 5.41) is 0. The molecule has 0 N–H and O–H groups in total. The number of ether oxygens (including phenoxy) is 1. The summed E-state index contributed by atoms with van der Waals surface area (Å²) in [7, 11) is 0. The van der Waals surface area contributed by atoms with Crippen LogP contribution in [0.15, 0.2) is 0 Å². The summed E-state index contributed by atoms with van der Waals surface area (Å²) >= 11 is 1.98. The van der Waals surface area contributed by atoms with Crippen LogP contribution in [0.4, 0.5) is 0 Å². The summed E-state index contributed by atoms with van der Waals surface area (Å²) in [5.41, 5.74) is 0. The molecule has 0 radical (unpaired) electrons. The quantitative estimate of drug-likeness (QED) is 0.529. The van der Waals surface area contributed by atoms with Crippen LogP contribution in [0.5, 0.6) is 0 Å². The van der Waals surface area contributed by atoms with Crippen LogP contribution in [0.3, 0.4) is 0 Å². The summed E-state index contributed by atoms with van der Waals surface area (Å²) < 4.78 is 5.97. The highest BCUT2D eigenvalue weighted by Crippen LogP contribution is 2.50. The number of hydrogen-bond acceptors (Lipinski definition) is 2. The topological polar surface area (TPSA) is 9.23 Å². The van der Waals surface area contributed by atoms with Crippen molar-refractivity contribution in [3.63, 3.8) is 0 Å². The smallest absolute Gasteiger partial charge is 0.0618 e. The minimum atomic E-state index is 0.574. The van der Waals surface area contributed by atoms with Crippen LogP contribution in [0, 0.1) is 0 Å². The van der Waals surface area contributed by atoms with E-state index in [9.17, 15) is 0 Å². The molecule has 0 atom stereocenters. The monoisotopic (exact) mass is 130 g/mol. The van der Waals surface area contributed by atoms with Crippen LogP contribution in [-0.4, -0.2) is 23.7 Å². The first-order valence-corrected chi connectivity index (χ1v) is 4.24. The van der Waals surface area contributed by atoms with Gasteiger partial charge in [0.2, 0.25) is 0 Å². The maximum atomic E-state index is 5.40. The normalized spacial score (nSPS) is 51.4. The van der Waals surface area contributed by atoms with E-state index in [2.05, 4.69) is 6.26 Å². The van der Waals surface area contributed by atoms with E-state index in [1.807, 2.05) is 11.8 Å². The number of hydrogen-bond donors (Lipinski definition) is 0. The molecule has 2 saturated heterocycles.